The van der Waals surface area contributed by atoms with Crippen LogP contribution in [0.4, 0.5) is 0 Å². The molecule has 170 valence electrons. The zero-order valence-electron chi connectivity index (χ0n) is 18.9. The maximum Gasteiger partial charge on any atom is 0.247 e. The molecule has 2 aromatic rings. The molecule has 7 heteroatoms. The first-order valence-electron chi connectivity index (χ1n) is 11.7. The molecule has 0 amide bonds. The van der Waals surface area contributed by atoms with Crippen molar-refractivity contribution in [2.75, 3.05) is 0 Å². The zero-order chi connectivity index (χ0) is 22.0. The van der Waals surface area contributed by atoms with Crippen LogP contribution in [0.25, 0.3) is 0 Å². The van der Waals surface area contributed by atoms with E-state index in [0.717, 1.165) is 37.9 Å². The second-order valence-electron chi connectivity index (χ2n) is 9.15. The summed E-state index contributed by atoms with van der Waals surface area (Å²) in [5, 5.41) is 6.91. The maximum atomic E-state index is 13.4. The summed E-state index contributed by atoms with van der Waals surface area (Å²) in [6.07, 6.45) is 9.55. The molecule has 2 fully saturated rings. The third-order valence-electron chi connectivity index (χ3n) is 6.76. The Balaban J connectivity index is 1.38. The highest BCUT2D eigenvalue weighted by Crippen LogP contribution is 2.41. The quantitative estimate of drug-likeness (QED) is 0.556. The fraction of sp³-hybridized carbons (Fsp3) is 0.625. The third kappa shape index (κ3) is 4.67. The van der Waals surface area contributed by atoms with Gasteiger partial charge in [0, 0.05) is 24.9 Å². The van der Waals surface area contributed by atoms with E-state index in [1.807, 2.05) is 0 Å². The fourth-order valence-corrected chi connectivity index (χ4v) is 7.51. The molecule has 1 N–H and O–H groups in total. The molecule has 2 saturated heterocycles. The van der Waals surface area contributed by atoms with E-state index in [0.29, 0.717) is 16.3 Å². The van der Waals surface area contributed by atoms with Gasteiger partial charge >= 0.3 is 0 Å². The van der Waals surface area contributed by atoms with E-state index < -0.39 is 10.0 Å². The number of aromatic amines is 1. The van der Waals surface area contributed by atoms with Crippen LogP contribution in [0.3, 0.4) is 0 Å². The van der Waals surface area contributed by atoms with Crippen molar-refractivity contribution in [1.29, 1.82) is 0 Å². The van der Waals surface area contributed by atoms with Gasteiger partial charge in [-0.1, -0.05) is 38.3 Å². The number of nitrogens with one attached hydrogen (secondary N) is 1. The topological polar surface area (TPSA) is 75.3 Å². The Bertz CT molecular complexity index is 950. The van der Waals surface area contributed by atoms with Gasteiger partial charge in [-0.2, -0.15) is 9.40 Å². The highest BCUT2D eigenvalue weighted by molar-refractivity contribution is 7.89. The number of H-pyrrole nitrogens is 1. The van der Waals surface area contributed by atoms with E-state index in [9.17, 15) is 8.42 Å². The SMILES string of the molecule is CCCCCCc1ccc(O[C@H]2C[C@H]3CC[C@@H](C2)N3S(=O)(=O)c2c(C)n[nH]c2C)cc1. The summed E-state index contributed by atoms with van der Waals surface area (Å²) in [6, 6.07) is 8.47. The number of unbranched alkanes of at least 4 members (excludes halogenated alkanes) is 3. The predicted octanol–water partition coefficient (Wildman–Crippen LogP) is 4.91. The molecule has 3 heterocycles. The molecule has 4 rings (SSSR count). The second-order valence-corrected chi connectivity index (χ2v) is 10.9. The predicted molar refractivity (Wildman–Crippen MR) is 122 cm³/mol. The monoisotopic (exact) mass is 445 g/mol. The van der Waals surface area contributed by atoms with E-state index in [1.165, 1.54) is 31.2 Å². The average molecular weight is 446 g/mol. The van der Waals surface area contributed by atoms with Crippen molar-refractivity contribution in [1.82, 2.24) is 14.5 Å². The van der Waals surface area contributed by atoms with Gasteiger partial charge in [-0.15, -0.1) is 0 Å². The molecule has 1 aromatic carbocycles. The van der Waals surface area contributed by atoms with Crippen LogP contribution in [0, 0.1) is 13.8 Å². The smallest absolute Gasteiger partial charge is 0.247 e. The van der Waals surface area contributed by atoms with Gasteiger partial charge in [-0.05, 0) is 57.2 Å². The minimum atomic E-state index is -3.55. The summed E-state index contributed by atoms with van der Waals surface area (Å²) in [7, 11) is -3.55. The number of hydrogen-bond acceptors (Lipinski definition) is 4. The number of aryl methyl sites for hydroxylation is 3. The Morgan fingerprint density at radius 1 is 1.06 bits per heavy atom. The van der Waals surface area contributed by atoms with E-state index in [1.54, 1.807) is 18.2 Å². The highest BCUT2D eigenvalue weighted by atomic mass is 32.2. The number of hydrogen-bond donors (Lipinski definition) is 1. The van der Waals surface area contributed by atoms with Crippen LogP contribution in [0.1, 0.15) is 75.2 Å². The molecule has 0 aliphatic carbocycles. The lowest BCUT2D eigenvalue weighted by Crippen LogP contribution is -2.49. The zero-order valence-corrected chi connectivity index (χ0v) is 19.7. The molecule has 2 bridgehead atoms. The summed E-state index contributed by atoms with van der Waals surface area (Å²) >= 11 is 0. The number of sulfonamides is 1. The number of fused-ring (bicyclic) bond motifs is 2. The van der Waals surface area contributed by atoms with Crippen LogP contribution in [-0.4, -0.2) is 41.1 Å². The lowest BCUT2D eigenvalue weighted by Gasteiger charge is -2.37. The molecule has 0 unspecified atom stereocenters. The molecule has 1 aromatic heterocycles. The van der Waals surface area contributed by atoms with Gasteiger partial charge < -0.3 is 4.74 Å². The van der Waals surface area contributed by atoms with Gasteiger partial charge in [-0.3, -0.25) is 5.10 Å². The molecular formula is C24H35N3O3S. The van der Waals surface area contributed by atoms with Crippen LogP contribution in [-0.2, 0) is 16.4 Å². The van der Waals surface area contributed by atoms with Crippen molar-refractivity contribution >= 4 is 10.0 Å². The number of piperidine rings is 1. The van der Waals surface area contributed by atoms with E-state index in [4.69, 9.17) is 4.74 Å². The largest absolute Gasteiger partial charge is 0.490 e. The number of ether oxygens (including phenoxy) is 1. The van der Waals surface area contributed by atoms with Crippen molar-refractivity contribution < 1.29 is 13.2 Å². The van der Waals surface area contributed by atoms with Crippen molar-refractivity contribution in [3.8, 4) is 5.75 Å². The molecule has 0 spiro atoms. The molecule has 2 aliphatic rings. The summed E-state index contributed by atoms with van der Waals surface area (Å²) < 4.78 is 34.9. The number of aromatic nitrogens is 2. The third-order valence-corrected chi connectivity index (χ3v) is 9.03. The van der Waals surface area contributed by atoms with E-state index >= 15 is 0 Å². The van der Waals surface area contributed by atoms with Crippen LogP contribution in [0.2, 0.25) is 0 Å². The van der Waals surface area contributed by atoms with Gasteiger partial charge in [0.1, 0.15) is 16.7 Å². The summed E-state index contributed by atoms with van der Waals surface area (Å²) in [5.74, 6) is 0.888. The standard InChI is InChI=1S/C24H35N3O3S/c1-4-5-6-7-8-19-9-13-22(14-10-19)30-23-15-20-11-12-21(16-23)27(20)31(28,29)24-17(2)25-26-18(24)3/h9-10,13-14,20-21,23H,4-8,11-12,15-16H2,1-3H3,(H,25,26)/t20-,21+,23+. The summed E-state index contributed by atoms with van der Waals surface area (Å²) in [4.78, 5) is 0.346. The Hall–Kier alpha value is -1.86. The summed E-state index contributed by atoms with van der Waals surface area (Å²) in [6.45, 7) is 5.76. The molecule has 2 aliphatic heterocycles. The Morgan fingerprint density at radius 3 is 2.32 bits per heavy atom. The molecule has 0 radical (unpaired) electrons. The van der Waals surface area contributed by atoms with E-state index in [-0.39, 0.29) is 18.2 Å². The molecular weight excluding hydrogens is 410 g/mol. The molecule has 31 heavy (non-hydrogen) atoms. The normalized spacial score (nSPS) is 23.9. The minimum Gasteiger partial charge on any atom is -0.490 e. The van der Waals surface area contributed by atoms with Crippen LogP contribution < -0.4 is 4.74 Å². The molecule has 0 saturated carbocycles. The number of rotatable bonds is 9. The van der Waals surface area contributed by atoms with E-state index in [2.05, 4.69) is 41.4 Å². The van der Waals surface area contributed by atoms with Crippen molar-refractivity contribution in [3.63, 3.8) is 0 Å². The van der Waals surface area contributed by atoms with Crippen LogP contribution in [0.5, 0.6) is 5.75 Å². The molecule has 6 nitrogen and oxygen atoms in total. The fourth-order valence-electron chi connectivity index (χ4n) is 5.28. The van der Waals surface area contributed by atoms with Gasteiger partial charge in [0.05, 0.1) is 11.4 Å². The Labute approximate surface area is 186 Å². The molecule has 3 atom stereocenters. The maximum absolute atomic E-state index is 13.4. The first-order valence-corrected chi connectivity index (χ1v) is 13.1. The first kappa shape index (κ1) is 22.3. The Kier molecular flexibility index (Phi) is 6.72. The van der Waals surface area contributed by atoms with Crippen LogP contribution >= 0.6 is 0 Å². The number of nitrogens with zero attached hydrogens (tertiary/aromatic N) is 2. The van der Waals surface area contributed by atoms with Crippen molar-refractivity contribution in [2.24, 2.45) is 0 Å². The second kappa shape index (κ2) is 9.33. The van der Waals surface area contributed by atoms with Gasteiger partial charge in [0.2, 0.25) is 10.0 Å². The average Bonchev–Trinajstić information content (AvgIpc) is 3.23. The van der Waals surface area contributed by atoms with Gasteiger partial charge in [0.25, 0.3) is 0 Å². The summed E-state index contributed by atoms with van der Waals surface area (Å²) in [5.41, 5.74) is 2.52. The first-order chi connectivity index (χ1) is 14.9. The number of benzene rings is 1. The highest BCUT2D eigenvalue weighted by Gasteiger charge is 2.48. The van der Waals surface area contributed by atoms with Gasteiger partial charge in [-0.25, -0.2) is 8.42 Å². The lowest BCUT2D eigenvalue weighted by molar-refractivity contribution is 0.0956. The lowest BCUT2D eigenvalue weighted by atomic mass is 10.0. The van der Waals surface area contributed by atoms with Crippen LogP contribution in [0.15, 0.2) is 29.2 Å². The van der Waals surface area contributed by atoms with Gasteiger partial charge in [0.15, 0.2) is 0 Å². The van der Waals surface area contributed by atoms with Crippen molar-refractivity contribution in [2.45, 2.75) is 102 Å². The van der Waals surface area contributed by atoms with Crippen molar-refractivity contribution in [3.05, 3.63) is 41.2 Å². The minimum absolute atomic E-state index is 0.000267. The Morgan fingerprint density at radius 2 is 1.74 bits per heavy atom.